The molecule has 7 heteroatoms. The van der Waals surface area contributed by atoms with Gasteiger partial charge in [-0.25, -0.2) is 4.68 Å². The van der Waals surface area contributed by atoms with Gasteiger partial charge in [-0.1, -0.05) is 19.3 Å². The van der Waals surface area contributed by atoms with E-state index < -0.39 is 11.6 Å². The lowest BCUT2D eigenvalue weighted by atomic mass is 9.89. The fourth-order valence-corrected chi connectivity index (χ4v) is 4.21. The highest BCUT2D eigenvalue weighted by Gasteiger charge is 2.21. The largest absolute Gasteiger partial charge is 0.394 e. The van der Waals surface area contributed by atoms with E-state index in [1.165, 1.54) is 23.9 Å². The van der Waals surface area contributed by atoms with E-state index in [4.69, 9.17) is 5.73 Å². The molecule has 1 unspecified atom stereocenters. The van der Waals surface area contributed by atoms with Gasteiger partial charge in [0.15, 0.2) is 0 Å². The summed E-state index contributed by atoms with van der Waals surface area (Å²) < 4.78 is 1.20. The molecule has 0 saturated heterocycles. The molecule has 0 radical (unpaired) electrons. The van der Waals surface area contributed by atoms with Crippen molar-refractivity contribution in [3.8, 4) is 10.6 Å². The molecule has 1 amide bonds. The molecule has 0 aromatic carbocycles. The van der Waals surface area contributed by atoms with E-state index in [1.54, 1.807) is 24.3 Å². The summed E-state index contributed by atoms with van der Waals surface area (Å²) in [5, 5.41) is 7.39. The molecule has 1 fully saturated rings. The lowest BCUT2D eigenvalue weighted by Gasteiger charge is -2.23. The zero-order valence-corrected chi connectivity index (χ0v) is 16.1. The van der Waals surface area contributed by atoms with Gasteiger partial charge >= 0.3 is 0 Å². The van der Waals surface area contributed by atoms with Crippen molar-refractivity contribution >= 4 is 22.9 Å². The van der Waals surface area contributed by atoms with Crippen LogP contribution >= 0.6 is 11.3 Å². The maximum atomic E-state index is 12.6. The summed E-state index contributed by atoms with van der Waals surface area (Å²) in [6.45, 7) is 4.36. The van der Waals surface area contributed by atoms with Crippen molar-refractivity contribution < 1.29 is 4.79 Å². The number of hydrogen-bond acceptors (Lipinski definition) is 5. The Hall–Kier alpha value is -2.15. The highest BCUT2D eigenvalue weighted by molar-refractivity contribution is 7.15. The third kappa shape index (κ3) is 4.15. The zero-order chi connectivity index (χ0) is 18.7. The van der Waals surface area contributed by atoms with E-state index in [9.17, 15) is 9.59 Å². The first kappa shape index (κ1) is 18.6. The molecule has 6 nitrogen and oxygen atoms in total. The number of amides is 1. The molecule has 3 rings (SSSR count). The highest BCUT2D eigenvalue weighted by Crippen LogP contribution is 2.26. The van der Waals surface area contributed by atoms with Gasteiger partial charge < -0.3 is 11.1 Å². The third-order valence-corrected chi connectivity index (χ3v) is 6.01. The molecule has 3 N–H and O–H groups in total. The summed E-state index contributed by atoms with van der Waals surface area (Å²) in [7, 11) is 0. The summed E-state index contributed by atoms with van der Waals surface area (Å²) in [6, 6.07) is 4.82. The van der Waals surface area contributed by atoms with Gasteiger partial charge in [0.2, 0.25) is 5.91 Å². The van der Waals surface area contributed by atoms with Crippen molar-refractivity contribution in [1.82, 2.24) is 15.1 Å². The van der Waals surface area contributed by atoms with Crippen LogP contribution in [0.4, 0.5) is 5.69 Å². The number of nitrogens with two attached hydrogens (primary N) is 1. The molecule has 1 saturated carbocycles. The minimum atomic E-state index is -0.700. The quantitative estimate of drug-likeness (QED) is 0.841. The molecule has 0 aliphatic heterocycles. The van der Waals surface area contributed by atoms with Gasteiger partial charge in [0.05, 0.1) is 4.88 Å². The van der Waals surface area contributed by atoms with Crippen molar-refractivity contribution in [3.05, 3.63) is 33.4 Å². The van der Waals surface area contributed by atoms with Crippen LogP contribution in [0, 0.1) is 12.8 Å². The minimum absolute atomic E-state index is 0.105. The number of nitrogens with zero attached hydrogens (tertiary/aromatic N) is 2. The Morgan fingerprint density at radius 1 is 1.38 bits per heavy atom. The second-order valence-electron chi connectivity index (χ2n) is 7.07. The predicted molar refractivity (Wildman–Crippen MR) is 105 cm³/mol. The van der Waals surface area contributed by atoms with Gasteiger partial charge in [-0.15, -0.1) is 11.3 Å². The van der Waals surface area contributed by atoms with E-state index >= 15 is 0 Å². The summed E-state index contributed by atoms with van der Waals surface area (Å²) in [5.74, 6) is 0.346. The van der Waals surface area contributed by atoms with E-state index in [-0.39, 0.29) is 11.6 Å². The van der Waals surface area contributed by atoms with Gasteiger partial charge in [-0.05, 0) is 50.8 Å². The number of aryl methyl sites for hydroxylation is 1. The van der Waals surface area contributed by atoms with Crippen molar-refractivity contribution in [3.63, 3.8) is 0 Å². The number of nitrogens with one attached hydrogen (secondary N) is 1. The van der Waals surface area contributed by atoms with Crippen molar-refractivity contribution in [2.45, 2.75) is 52.0 Å². The molecule has 0 spiro atoms. The number of nitrogen functional groups attached to an aromatic ring is 1. The third-order valence-electron chi connectivity index (χ3n) is 4.99. The molecule has 2 aromatic rings. The fraction of sp³-hybridized carbons (Fsp3) is 0.526. The summed E-state index contributed by atoms with van der Waals surface area (Å²) >= 11 is 1.58. The smallest absolute Gasteiger partial charge is 0.290 e. The lowest BCUT2D eigenvalue weighted by molar-refractivity contribution is -0.124. The average molecular weight is 375 g/mol. The monoisotopic (exact) mass is 374 g/mol. The van der Waals surface area contributed by atoms with Crippen LogP contribution in [0.25, 0.3) is 10.6 Å². The van der Waals surface area contributed by atoms with E-state index in [0.29, 0.717) is 18.2 Å². The van der Waals surface area contributed by atoms with Crippen LogP contribution in [0.2, 0.25) is 0 Å². The van der Waals surface area contributed by atoms with E-state index in [2.05, 4.69) is 10.4 Å². The van der Waals surface area contributed by atoms with Crippen LogP contribution < -0.4 is 16.6 Å². The second kappa shape index (κ2) is 8.03. The Labute approximate surface area is 157 Å². The molecule has 2 aromatic heterocycles. The van der Waals surface area contributed by atoms with Crippen LogP contribution in [0.5, 0.6) is 0 Å². The number of thiophene rings is 1. The Morgan fingerprint density at radius 3 is 2.77 bits per heavy atom. The Balaban J connectivity index is 1.77. The van der Waals surface area contributed by atoms with Crippen molar-refractivity contribution in [2.24, 2.45) is 5.92 Å². The first-order valence-electron chi connectivity index (χ1n) is 9.19. The van der Waals surface area contributed by atoms with Crippen molar-refractivity contribution in [1.29, 1.82) is 0 Å². The van der Waals surface area contributed by atoms with Crippen LogP contribution in [0.3, 0.4) is 0 Å². The maximum absolute atomic E-state index is 12.6. The molecule has 140 valence electrons. The second-order valence-corrected chi connectivity index (χ2v) is 8.36. The zero-order valence-electron chi connectivity index (χ0n) is 15.3. The molecule has 1 aliphatic rings. The van der Waals surface area contributed by atoms with Gasteiger partial charge in [0, 0.05) is 11.4 Å². The molecule has 26 heavy (non-hydrogen) atoms. The Morgan fingerprint density at radius 2 is 2.12 bits per heavy atom. The molecule has 1 atom stereocenters. The van der Waals surface area contributed by atoms with E-state index in [0.717, 1.165) is 22.6 Å². The van der Waals surface area contributed by atoms with Crippen LogP contribution in [0.15, 0.2) is 23.0 Å². The number of hydrogen-bond donors (Lipinski definition) is 2. The molecular formula is C19H26N4O2S. The van der Waals surface area contributed by atoms with E-state index in [1.807, 2.05) is 19.1 Å². The lowest BCUT2D eigenvalue weighted by Crippen LogP contribution is -2.39. The Kier molecular flexibility index (Phi) is 5.76. The van der Waals surface area contributed by atoms with Crippen LogP contribution in [-0.2, 0) is 4.79 Å². The minimum Gasteiger partial charge on any atom is -0.394 e. The predicted octanol–water partition coefficient (Wildman–Crippen LogP) is 3.12. The maximum Gasteiger partial charge on any atom is 0.290 e. The molecule has 0 bridgehead atoms. The molecule has 1 aliphatic carbocycles. The molecular weight excluding hydrogens is 348 g/mol. The number of rotatable bonds is 5. The van der Waals surface area contributed by atoms with Gasteiger partial charge in [0.25, 0.3) is 5.56 Å². The topological polar surface area (TPSA) is 90.0 Å². The number of carbonyl (C=O) groups is 1. The van der Waals surface area contributed by atoms with Gasteiger partial charge in [0.1, 0.15) is 17.4 Å². The fourth-order valence-electron chi connectivity index (χ4n) is 3.38. The van der Waals surface area contributed by atoms with Crippen LogP contribution in [-0.4, -0.2) is 22.2 Å². The van der Waals surface area contributed by atoms with Crippen molar-refractivity contribution in [2.75, 3.05) is 12.3 Å². The summed E-state index contributed by atoms with van der Waals surface area (Å²) in [5.41, 5.74) is 6.19. The first-order valence-corrected chi connectivity index (χ1v) is 10.0. The SMILES string of the molecule is Cc1ccc(-c2cc(N)c(=O)n(C(C)C(=O)NCC3CCCCC3)n2)s1. The first-order chi connectivity index (χ1) is 12.5. The standard InChI is InChI=1S/C19H26N4O2S/c1-12-8-9-17(26-12)16-10-15(20)19(25)23(22-16)13(2)18(24)21-11-14-6-4-3-5-7-14/h8-10,13-14H,3-7,11,20H2,1-2H3,(H,21,24). The normalized spacial score (nSPS) is 16.4. The van der Waals surface area contributed by atoms with Gasteiger partial charge in [-0.3, -0.25) is 9.59 Å². The summed E-state index contributed by atoms with van der Waals surface area (Å²) in [6.07, 6.45) is 6.07. The molecule has 2 heterocycles. The van der Waals surface area contributed by atoms with Gasteiger partial charge in [-0.2, -0.15) is 5.10 Å². The summed E-state index contributed by atoms with van der Waals surface area (Å²) in [4.78, 5) is 27.0. The number of anilines is 1. The number of carbonyl (C=O) groups excluding carboxylic acids is 1. The Bertz CT molecular complexity index is 836. The average Bonchev–Trinajstić information content (AvgIpc) is 3.08. The van der Waals surface area contributed by atoms with Crippen LogP contribution in [0.1, 0.15) is 49.9 Å². The number of aromatic nitrogens is 2. The highest BCUT2D eigenvalue weighted by atomic mass is 32.1.